The first-order valence-electron chi connectivity index (χ1n) is 7.57. The Morgan fingerprint density at radius 2 is 1.83 bits per heavy atom. The lowest BCUT2D eigenvalue weighted by molar-refractivity contribution is -0.129. The van der Waals surface area contributed by atoms with Crippen molar-refractivity contribution in [1.29, 1.82) is 0 Å². The van der Waals surface area contributed by atoms with Crippen LogP contribution in [0.3, 0.4) is 0 Å². The van der Waals surface area contributed by atoms with Crippen molar-refractivity contribution in [2.75, 3.05) is 19.4 Å². The van der Waals surface area contributed by atoms with Gasteiger partial charge >= 0.3 is 0 Å². The normalized spacial score (nSPS) is 10.6. The van der Waals surface area contributed by atoms with E-state index in [2.05, 4.69) is 10.4 Å². The summed E-state index contributed by atoms with van der Waals surface area (Å²) in [5.74, 6) is 0.125. The molecule has 1 aromatic heterocycles. The van der Waals surface area contributed by atoms with Crippen LogP contribution in [-0.4, -0.2) is 40.6 Å². The van der Waals surface area contributed by atoms with Crippen LogP contribution in [0.2, 0.25) is 0 Å². The quantitative estimate of drug-likeness (QED) is 0.802. The molecule has 0 bridgehead atoms. The second-order valence-electron chi connectivity index (χ2n) is 5.67. The summed E-state index contributed by atoms with van der Waals surface area (Å²) in [5, 5.41) is 8.89. The van der Waals surface area contributed by atoms with Crippen LogP contribution < -0.4 is 5.32 Å². The molecule has 0 fully saturated rings. The summed E-state index contributed by atoms with van der Waals surface area (Å²) in [4.78, 5) is 25.7. The van der Waals surface area contributed by atoms with E-state index >= 15 is 0 Å². The van der Waals surface area contributed by atoms with Crippen molar-refractivity contribution in [3.63, 3.8) is 0 Å². The lowest BCUT2D eigenvalue weighted by Gasteiger charge is -2.09. The number of carbonyl (C=O) groups is 2. The molecular weight excluding hydrogens is 304 g/mol. The molecule has 0 aliphatic heterocycles. The van der Waals surface area contributed by atoms with Crippen LogP contribution >= 0.6 is 0 Å². The first kappa shape index (κ1) is 15.7. The number of benzene rings is 2. The Bertz CT molecular complexity index is 893. The average molecular weight is 322 g/mol. The van der Waals surface area contributed by atoms with E-state index in [1.807, 2.05) is 36.4 Å². The standard InChI is InChI=1S/C18H18N4O2/c1-21(2)17(23)12-22-11-10-16(20-22)19-18(24)15-9-5-7-13-6-3-4-8-14(13)15/h3-11H,12H2,1-2H3,(H,19,20,24). The SMILES string of the molecule is CN(C)C(=O)Cn1ccc(NC(=O)c2cccc3ccccc23)n1. The predicted molar refractivity (Wildman–Crippen MR) is 92.8 cm³/mol. The van der Waals surface area contributed by atoms with Gasteiger partial charge in [-0.1, -0.05) is 36.4 Å². The molecule has 0 atom stereocenters. The second kappa shape index (κ2) is 6.54. The van der Waals surface area contributed by atoms with Crippen LogP contribution in [0.4, 0.5) is 5.82 Å². The molecule has 0 aliphatic rings. The highest BCUT2D eigenvalue weighted by atomic mass is 16.2. The Morgan fingerprint density at radius 1 is 1.08 bits per heavy atom. The summed E-state index contributed by atoms with van der Waals surface area (Å²) < 4.78 is 1.50. The number of nitrogens with one attached hydrogen (secondary N) is 1. The summed E-state index contributed by atoms with van der Waals surface area (Å²) in [6, 6.07) is 15.0. The molecule has 0 spiro atoms. The van der Waals surface area contributed by atoms with Crippen LogP contribution in [0, 0.1) is 0 Å². The van der Waals surface area contributed by atoms with Gasteiger partial charge in [-0.25, -0.2) is 0 Å². The number of anilines is 1. The van der Waals surface area contributed by atoms with Crippen molar-refractivity contribution in [2.24, 2.45) is 0 Å². The third kappa shape index (κ3) is 3.27. The highest BCUT2D eigenvalue weighted by Gasteiger charge is 2.12. The zero-order valence-electron chi connectivity index (χ0n) is 13.6. The minimum absolute atomic E-state index is 0.0648. The van der Waals surface area contributed by atoms with Gasteiger partial charge in [0.15, 0.2) is 5.82 Å². The zero-order chi connectivity index (χ0) is 17.1. The number of nitrogens with zero attached hydrogens (tertiary/aromatic N) is 3. The zero-order valence-corrected chi connectivity index (χ0v) is 13.6. The molecule has 0 aliphatic carbocycles. The Hall–Kier alpha value is -3.15. The number of hydrogen-bond acceptors (Lipinski definition) is 3. The van der Waals surface area contributed by atoms with E-state index in [9.17, 15) is 9.59 Å². The van der Waals surface area contributed by atoms with E-state index in [1.54, 1.807) is 32.4 Å². The van der Waals surface area contributed by atoms with Crippen LogP contribution in [0.25, 0.3) is 10.8 Å². The summed E-state index contributed by atoms with van der Waals surface area (Å²) in [7, 11) is 3.38. The molecule has 0 saturated carbocycles. The van der Waals surface area contributed by atoms with Gasteiger partial charge < -0.3 is 10.2 Å². The lowest BCUT2D eigenvalue weighted by Crippen LogP contribution is -2.26. The third-order valence-corrected chi connectivity index (χ3v) is 3.71. The fraction of sp³-hybridized carbons (Fsp3) is 0.167. The van der Waals surface area contributed by atoms with Gasteiger partial charge in [-0.05, 0) is 16.8 Å². The van der Waals surface area contributed by atoms with Crippen LogP contribution in [0.15, 0.2) is 54.7 Å². The van der Waals surface area contributed by atoms with Gasteiger partial charge in [-0.3, -0.25) is 14.3 Å². The molecule has 6 nitrogen and oxygen atoms in total. The van der Waals surface area contributed by atoms with Crippen molar-refractivity contribution in [3.8, 4) is 0 Å². The maximum Gasteiger partial charge on any atom is 0.257 e. The number of aromatic nitrogens is 2. The van der Waals surface area contributed by atoms with Crippen molar-refractivity contribution in [2.45, 2.75) is 6.54 Å². The molecule has 2 amide bonds. The monoisotopic (exact) mass is 322 g/mol. The molecule has 2 aromatic carbocycles. The van der Waals surface area contributed by atoms with E-state index in [4.69, 9.17) is 0 Å². The molecule has 3 aromatic rings. The van der Waals surface area contributed by atoms with Crippen molar-refractivity contribution in [3.05, 3.63) is 60.3 Å². The summed E-state index contributed by atoms with van der Waals surface area (Å²) in [5.41, 5.74) is 0.590. The molecule has 0 unspecified atom stereocenters. The fourth-order valence-electron chi connectivity index (χ4n) is 2.40. The van der Waals surface area contributed by atoms with Crippen LogP contribution in [0.5, 0.6) is 0 Å². The number of hydrogen-bond donors (Lipinski definition) is 1. The van der Waals surface area contributed by atoms with Gasteiger partial charge in [0.2, 0.25) is 5.91 Å². The van der Waals surface area contributed by atoms with Gasteiger partial charge in [0.05, 0.1) is 0 Å². The molecule has 122 valence electrons. The number of rotatable bonds is 4. The number of carbonyl (C=O) groups excluding carboxylic acids is 2. The smallest absolute Gasteiger partial charge is 0.257 e. The molecule has 0 saturated heterocycles. The molecule has 24 heavy (non-hydrogen) atoms. The van der Waals surface area contributed by atoms with Crippen LogP contribution in [-0.2, 0) is 11.3 Å². The van der Waals surface area contributed by atoms with Gasteiger partial charge in [0.1, 0.15) is 6.54 Å². The summed E-state index contributed by atoms with van der Waals surface area (Å²) >= 11 is 0. The Balaban J connectivity index is 1.77. The Labute approximate surface area is 139 Å². The highest BCUT2D eigenvalue weighted by molar-refractivity contribution is 6.12. The van der Waals surface area contributed by atoms with Crippen LogP contribution in [0.1, 0.15) is 10.4 Å². The third-order valence-electron chi connectivity index (χ3n) is 3.71. The van der Waals surface area contributed by atoms with E-state index < -0.39 is 0 Å². The predicted octanol–water partition coefficient (Wildman–Crippen LogP) is 2.38. The minimum atomic E-state index is -0.226. The fourth-order valence-corrected chi connectivity index (χ4v) is 2.40. The molecule has 1 heterocycles. The molecule has 3 rings (SSSR count). The van der Waals surface area contributed by atoms with Crippen molar-refractivity contribution in [1.82, 2.24) is 14.7 Å². The average Bonchev–Trinajstić information content (AvgIpc) is 3.01. The van der Waals surface area contributed by atoms with E-state index in [1.165, 1.54) is 9.58 Å². The Kier molecular flexibility index (Phi) is 4.29. The summed E-state index contributed by atoms with van der Waals surface area (Å²) in [6.07, 6.45) is 1.67. The number of fused-ring (bicyclic) bond motifs is 1. The maximum atomic E-state index is 12.5. The van der Waals surface area contributed by atoms with Gasteiger partial charge in [0, 0.05) is 31.9 Å². The summed E-state index contributed by atoms with van der Waals surface area (Å²) in [6.45, 7) is 0.136. The first-order chi connectivity index (χ1) is 11.5. The van der Waals surface area contributed by atoms with Gasteiger partial charge in [0.25, 0.3) is 5.91 Å². The molecule has 0 radical (unpaired) electrons. The van der Waals surface area contributed by atoms with E-state index in [0.717, 1.165) is 10.8 Å². The van der Waals surface area contributed by atoms with Crippen molar-refractivity contribution < 1.29 is 9.59 Å². The molecule has 1 N–H and O–H groups in total. The first-order valence-corrected chi connectivity index (χ1v) is 7.57. The highest BCUT2D eigenvalue weighted by Crippen LogP contribution is 2.19. The molecular formula is C18H18N4O2. The topological polar surface area (TPSA) is 67.2 Å². The van der Waals surface area contributed by atoms with Crippen molar-refractivity contribution >= 4 is 28.4 Å². The minimum Gasteiger partial charge on any atom is -0.347 e. The molecule has 6 heteroatoms. The lowest BCUT2D eigenvalue weighted by atomic mass is 10.0. The maximum absolute atomic E-state index is 12.5. The van der Waals surface area contributed by atoms with E-state index in [0.29, 0.717) is 11.4 Å². The van der Waals surface area contributed by atoms with E-state index in [-0.39, 0.29) is 18.4 Å². The number of likely N-dealkylation sites (N-methyl/N-ethyl adjacent to an activating group) is 1. The second-order valence-corrected chi connectivity index (χ2v) is 5.67. The van der Waals surface area contributed by atoms with Gasteiger partial charge in [-0.2, -0.15) is 5.10 Å². The number of amides is 2. The Morgan fingerprint density at radius 3 is 2.62 bits per heavy atom. The largest absolute Gasteiger partial charge is 0.347 e. The van der Waals surface area contributed by atoms with Gasteiger partial charge in [-0.15, -0.1) is 0 Å².